The lowest BCUT2D eigenvalue weighted by Gasteiger charge is -2.19. The summed E-state index contributed by atoms with van der Waals surface area (Å²) in [4.78, 5) is 5.89. The zero-order valence-corrected chi connectivity index (χ0v) is 16.2. The van der Waals surface area contributed by atoms with Gasteiger partial charge >= 0.3 is 6.18 Å². The van der Waals surface area contributed by atoms with Crippen LogP contribution in [0.4, 0.5) is 13.2 Å². The Morgan fingerprint density at radius 3 is 2.73 bits per heavy atom. The second-order valence-corrected chi connectivity index (χ2v) is 6.07. The van der Waals surface area contributed by atoms with Crippen LogP contribution in [-0.2, 0) is 0 Å². The Kier molecular flexibility index (Phi) is 11.7. The van der Waals surface area contributed by atoms with Gasteiger partial charge in [-0.25, -0.2) is 0 Å². The molecule has 0 saturated carbocycles. The van der Waals surface area contributed by atoms with Crippen molar-refractivity contribution < 1.29 is 13.2 Å². The second-order valence-electron chi connectivity index (χ2n) is 5.09. The highest BCUT2D eigenvalue weighted by atomic mass is 127. The molecule has 1 aliphatic rings. The molecule has 1 heterocycles. The molecule has 9 heteroatoms. The van der Waals surface area contributed by atoms with Crippen LogP contribution in [0.5, 0.6) is 0 Å². The van der Waals surface area contributed by atoms with Gasteiger partial charge in [-0.2, -0.15) is 24.9 Å². The summed E-state index contributed by atoms with van der Waals surface area (Å²) in [5.41, 5.74) is 0. The molecule has 4 nitrogen and oxygen atoms in total. The number of aliphatic imine (C=N–C) groups is 1. The monoisotopic (exact) mass is 454 g/mol. The second kappa shape index (κ2) is 11.6. The summed E-state index contributed by atoms with van der Waals surface area (Å²) in [5.74, 6) is 1.77. The first-order chi connectivity index (χ1) is 9.94. The maximum absolute atomic E-state index is 12.4. The maximum Gasteiger partial charge on any atom is 0.401 e. The molecule has 0 aromatic heterocycles. The van der Waals surface area contributed by atoms with E-state index in [9.17, 15) is 13.2 Å². The third-order valence-corrected chi connectivity index (χ3v) is 3.83. The van der Waals surface area contributed by atoms with Crippen LogP contribution in [0.25, 0.3) is 0 Å². The number of hydrogen-bond donors (Lipinski definition) is 2. The number of hydrogen-bond acceptors (Lipinski definition) is 3. The molecule has 0 spiro atoms. The van der Waals surface area contributed by atoms with E-state index in [1.54, 1.807) is 11.8 Å². The van der Waals surface area contributed by atoms with Gasteiger partial charge < -0.3 is 10.6 Å². The maximum atomic E-state index is 12.4. The van der Waals surface area contributed by atoms with Gasteiger partial charge in [0, 0.05) is 32.2 Å². The van der Waals surface area contributed by atoms with Crippen LogP contribution in [0.1, 0.15) is 19.8 Å². The highest BCUT2D eigenvalue weighted by Gasteiger charge is 2.34. The number of halogens is 4. The van der Waals surface area contributed by atoms with Crippen LogP contribution in [0, 0.1) is 0 Å². The minimum Gasteiger partial charge on any atom is -0.357 e. The fourth-order valence-corrected chi connectivity index (χ4v) is 2.68. The summed E-state index contributed by atoms with van der Waals surface area (Å²) in [6.07, 6.45) is -0.347. The van der Waals surface area contributed by atoms with Crippen molar-refractivity contribution in [3.05, 3.63) is 0 Å². The summed E-state index contributed by atoms with van der Waals surface area (Å²) in [6.45, 7) is 3.51. The molecule has 1 rings (SSSR count). The highest BCUT2D eigenvalue weighted by molar-refractivity contribution is 14.0. The molecule has 0 aromatic rings. The molecule has 0 aliphatic carbocycles. The first-order valence-corrected chi connectivity index (χ1v) is 8.67. The van der Waals surface area contributed by atoms with Crippen LogP contribution in [-0.4, -0.2) is 67.8 Å². The number of likely N-dealkylation sites (tertiary alicyclic amines) is 1. The zero-order valence-electron chi connectivity index (χ0n) is 13.1. The number of alkyl halides is 3. The Balaban J connectivity index is 0.00000441. The molecule has 0 bridgehead atoms. The lowest BCUT2D eigenvalue weighted by atomic mass is 10.3. The van der Waals surface area contributed by atoms with Crippen molar-refractivity contribution in [1.29, 1.82) is 0 Å². The molecule has 0 radical (unpaired) electrons. The topological polar surface area (TPSA) is 39.7 Å². The van der Waals surface area contributed by atoms with Gasteiger partial charge in [-0.1, -0.05) is 0 Å². The van der Waals surface area contributed by atoms with E-state index in [2.05, 4.69) is 21.9 Å². The normalized spacial score (nSPS) is 19.9. The molecule has 1 unspecified atom stereocenters. The molecule has 0 aromatic carbocycles. The van der Waals surface area contributed by atoms with E-state index in [-0.39, 0.29) is 30.0 Å². The Morgan fingerprint density at radius 1 is 1.41 bits per heavy atom. The summed E-state index contributed by atoms with van der Waals surface area (Å²) in [5, 5.41) is 6.37. The lowest BCUT2D eigenvalue weighted by molar-refractivity contribution is -0.143. The van der Waals surface area contributed by atoms with Crippen molar-refractivity contribution >= 4 is 41.7 Å². The van der Waals surface area contributed by atoms with Crippen LogP contribution in [0.3, 0.4) is 0 Å². The van der Waals surface area contributed by atoms with Gasteiger partial charge in [0.25, 0.3) is 0 Å². The predicted octanol–water partition coefficient (Wildman–Crippen LogP) is 2.55. The summed E-state index contributed by atoms with van der Waals surface area (Å²) >= 11 is 1.78. The van der Waals surface area contributed by atoms with Crippen LogP contribution >= 0.6 is 35.7 Å². The largest absolute Gasteiger partial charge is 0.401 e. The molecule has 1 atom stereocenters. The van der Waals surface area contributed by atoms with Gasteiger partial charge in [0.1, 0.15) is 0 Å². The predicted molar refractivity (Wildman–Crippen MR) is 98.4 cm³/mol. The Labute approximate surface area is 152 Å². The number of rotatable bonds is 7. The Morgan fingerprint density at radius 2 is 2.14 bits per heavy atom. The van der Waals surface area contributed by atoms with E-state index in [0.717, 1.165) is 25.3 Å². The summed E-state index contributed by atoms with van der Waals surface area (Å²) < 4.78 is 37.1. The molecule has 1 aliphatic heterocycles. The Bertz CT molecular complexity index is 329. The molecule has 1 saturated heterocycles. The van der Waals surface area contributed by atoms with Gasteiger partial charge in [0.15, 0.2) is 5.96 Å². The van der Waals surface area contributed by atoms with E-state index in [0.29, 0.717) is 25.5 Å². The summed E-state index contributed by atoms with van der Waals surface area (Å²) in [7, 11) is 0. The van der Waals surface area contributed by atoms with Crippen molar-refractivity contribution in [3.63, 3.8) is 0 Å². The fraction of sp³-hybridized carbons (Fsp3) is 0.923. The first-order valence-electron chi connectivity index (χ1n) is 7.27. The van der Waals surface area contributed by atoms with E-state index >= 15 is 0 Å². The SMILES string of the molecule is CCNC(=NCCCSC)NC1CCN(CC(F)(F)F)C1.I. The number of thioether (sulfide) groups is 1. The standard InChI is InChI=1S/C13H25F3N4S.HI/c1-3-17-12(18-6-4-8-21-2)19-11-5-7-20(9-11)10-13(14,15)16;/h11H,3-10H2,1-2H3,(H2,17,18,19);1H. The molecular formula is C13H26F3IN4S. The van der Waals surface area contributed by atoms with Gasteiger partial charge in [-0.15, -0.1) is 24.0 Å². The minimum atomic E-state index is -4.12. The van der Waals surface area contributed by atoms with Crippen molar-refractivity contribution in [1.82, 2.24) is 15.5 Å². The number of guanidine groups is 1. The van der Waals surface area contributed by atoms with Gasteiger partial charge in [-0.3, -0.25) is 9.89 Å². The third-order valence-electron chi connectivity index (χ3n) is 3.14. The molecule has 132 valence electrons. The molecule has 1 fully saturated rings. The smallest absolute Gasteiger partial charge is 0.357 e. The fourth-order valence-electron chi connectivity index (χ4n) is 2.26. The minimum absolute atomic E-state index is 0. The summed E-state index contributed by atoms with van der Waals surface area (Å²) in [6, 6.07) is 0.0331. The van der Waals surface area contributed by atoms with Crippen molar-refractivity contribution in [2.75, 3.05) is 44.7 Å². The van der Waals surface area contributed by atoms with E-state index in [1.807, 2.05) is 6.92 Å². The van der Waals surface area contributed by atoms with Crippen molar-refractivity contribution in [2.45, 2.75) is 32.0 Å². The molecule has 22 heavy (non-hydrogen) atoms. The van der Waals surface area contributed by atoms with E-state index in [1.165, 1.54) is 4.90 Å². The molecular weight excluding hydrogens is 428 g/mol. The van der Waals surface area contributed by atoms with Gasteiger partial charge in [0.05, 0.1) is 6.54 Å². The van der Waals surface area contributed by atoms with Gasteiger partial charge in [0.2, 0.25) is 0 Å². The average molecular weight is 454 g/mol. The Hall–Kier alpha value is 0.1000. The third kappa shape index (κ3) is 9.98. The van der Waals surface area contributed by atoms with Crippen molar-refractivity contribution in [3.8, 4) is 0 Å². The lowest BCUT2D eigenvalue weighted by Crippen LogP contribution is -2.45. The van der Waals surface area contributed by atoms with Crippen LogP contribution in [0.15, 0.2) is 4.99 Å². The molecule has 2 N–H and O–H groups in total. The number of nitrogens with zero attached hydrogens (tertiary/aromatic N) is 2. The van der Waals surface area contributed by atoms with Crippen molar-refractivity contribution in [2.24, 2.45) is 4.99 Å². The van der Waals surface area contributed by atoms with E-state index < -0.39 is 12.7 Å². The zero-order chi connectivity index (χ0) is 15.7. The average Bonchev–Trinajstić information content (AvgIpc) is 2.79. The van der Waals surface area contributed by atoms with E-state index in [4.69, 9.17) is 0 Å². The number of nitrogens with one attached hydrogen (secondary N) is 2. The van der Waals surface area contributed by atoms with Crippen LogP contribution in [0.2, 0.25) is 0 Å². The first kappa shape index (κ1) is 22.1. The highest BCUT2D eigenvalue weighted by Crippen LogP contribution is 2.19. The molecule has 0 amide bonds. The van der Waals surface area contributed by atoms with Gasteiger partial charge in [-0.05, 0) is 31.8 Å². The quantitative estimate of drug-likeness (QED) is 0.269. The van der Waals surface area contributed by atoms with Crippen LogP contribution < -0.4 is 10.6 Å².